The van der Waals surface area contributed by atoms with Gasteiger partial charge < -0.3 is 16.0 Å². The van der Waals surface area contributed by atoms with Gasteiger partial charge in [0.1, 0.15) is 10.9 Å². The smallest absolute Gasteiger partial charge is 0.396 e. The molecule has 5 nitrogen and oxygen atoms in total. The minimum absolute atomic E-state index is 0.129. The van der Waals surface area contributed by atoms with E-state index in [4.69, 9.17) is 17.3 Å². The number of rotatable bonds is 8. The van der Waals surface area contributed by atoms with E-state index in [1.54, 1.807) is 18.9 Å². The average Bonchev–Trinajstić information content (AvgIpc) is 3.57. The molecule has 0 spiro atoms. The molecule has 1 aromatic heterocycles. The SMILES string of the molecule is CCc1cc(C(F)(C(F)(F)F)C(F)(P)P)cc(Cl)c1N/C=C(\N)c1cc(C(=O)N(C)C2CC2)c(C#N)s1. The van der Waals surface area contributed by atoms with Crippen LogP contribution in [-0.4, -0.2) is 35.2 Å². The zero-order chi connectivity index (χ0) is 27.9. The van der Waals surface area contributed by atoms with E-state index in [9.17, 15) is 27.6 Å². The number of nitrogens with two attached hydrogens (primary N) is 1. The molecule has 1 aromatic carbocycles. The number of carbonyl (C=O) groups excluding carboxylic acids is 1. The Bertz CT molecular complexity index is 1270. The van der Waals surface area contributed by atoms with Crippen molar-refractivity contribution in [2.45, 2.75) is 49.2 Å². The minimum Gasteiger partial charge on any atom is -0.396 e. The first-order chi connectivity index (χ1) is 17.1. The van der Waals surface area contributed by atoms with Crippen LogP contribution in [0, 0.1) is 11.3 Å². The number of halogens is 6. The molecule has 200 valence electrons. The van der Waals surface area contributed by atoms with Gasteiger partial charge in [-0.25, -0.2) is 8.78 Å². The summed E-state index contributed by atoms with van der Waals surface area (Å²) in [5, 5.41) is 8.56. The molecule has 0 aliphatic heterocycles. The molecule has 0 radical (unpaired) electrons. The van der Waals surface area contributed by atoms with Crippen LogP contribution < -0.4 is 11.1 Å². The van der Waals surface area contributed by atoms with E-state index < -0.39 is 22.6 Å². The van der Waals surface area contributed by atoms with Crippen molar-refractivity contribution in [2.24, 2.45) is 5.73 Å². The Morgan fingerprint density at radius 2 is 1.92 bits per heavy atom. The highest BCUT2D eigenvalue weighted by molar-refractivity contribution is 7.39. The van der Waals surface area contributed by atoms with Crippen LogP contribution >= 0.6 is 41.4 Å². The number of amides is 1. The van der Waals surface area contributed by atoms with Gasteiger partial charge in [0.25, 0.3) is 11.6 Å². The van der Waals surface area contributed by atoms with Crippen LogP contribution in [0.25, 0.3) is 5.70 Å². The van der Waals surface area contributed by atoms with Gasteiger partial charge >= 0.3 is 6.18 Å². The molecule has 1 heterocycles. The number of nitriles is 1. The lowest BCUT2D eigenvalue weighted by atomic mass is 9.92. The number of hydrogen-bond acceptors (Lipinski definition) is 5. The number of anilines is 1. The number of benzene rings is 1. The molecule has 1 aliphatic rings. The highest BCUT2D eigenvalue weighted by atomic mass is 35.5. The van der Waals surface area contributed by atoms with Crippen molar-refractivity contribution < 1.29 is 26.7 Å². The van der Waals surface area contributed by atoms with Gasteiger partial charge in [-0.05, 0) is 43.0 Å². The summed E-state index contributed by atoms with van der Waals surface area (Å²) < 4.78 is 70.6. The Balaban J connectivity index is 1.95. The van der Waals surface area contributed by atoms with Crippen LogP contribution in [0.4, 0.5) is 27.6 Å². The first-order valence-electron chi connectivity index (χ1n) is 11.0. The fraction of sp³-hybridized carbons (Fsp3) is 0.391. The summed E-state index contributed by atoms with van der Waals surface area (Å²) in [5.74, 6) is -0.291. The molecule has 1 fully saturated rings. The van der Waals surface area contributed by atoms with Crippen molar-refractivity contribution >= 4 is 58.7 Å². The lowest BCUT2D eigenvalue weighted by Gasteiger charge is -2.36. The van der Waals surface area contributed by atoms with E-state index in [-0.39, 0.29) is 50.8 Å². The maximum Gasteiger partial charge on any atom is 0.430 e. The first-order valence-corrected chi connectivity index (χ1v) is 13.3. The third kappa shape index (κ3) is 5.73. The van der Waals surface area contributed by atoms with Crippen LogP contribution in [0.1, 0.15) is 51.0 Å². The van der Waals surface area contributed by atoms with Gasteiger partial charge in [0, 0.05) is 24.9 Å². The van der Waals surface area contributed by atoms with E-state index in [0.29, 0.717) is 10.9 Å². The Morgan fingerprint density at radius 3 is 2.41 bits per heavy atom. The lowest BCUT2D eigenvalue weighted by Crippen LogP contribution is -2.48. The second-order valence-corrected chi connectivity index (χ2v) is 12.4. The second-order valence-electron chi connectivity index (χ2n) is 8.63. The van der Waals surface area contributed by atoms with Crippen molar-refractivity contribution in [1.29, 1.82) is 5.26 Å². The van der Waals surface area contributed by atoms with Crippen LogP contribution in [-0.2, 0) is 12.1 Å². The molecule has 14 heteroatoms. The summed E-state index contributed by atoms with van der Waals surface area (Å²) in [6.07, 6.45) is -2.32. The Kier molecular flexibility index (Phi) is 8.51. The Labute approximate surface area is 224 Å². The molecule has 2 aromatic rings. The van der Waals surface area contributed by atoms with Crippen LogP contribution in [0.15, 0.2) is 24.4 Å². The topological polar surface area (TPSA) is 82.2 Å². The molecule has 1 amide bonds. The molecular weight excluding hydrogens is 573 g/mol. The number of aryl methyl sites for hydroxylation is 1. The summed E-state index contributed by atoms with van der Waals surface area (Å²) in [4.78, 5) is 14.9. The van der Waals surface area contributed by atoms with E-state index in [1.807, 2.05) is 6.07 Å². The van der Waals surface area contributed by atoms with Gasteiger partial charge in [-0.1, -0.05) is 37.0 Å². The minimum atomic E-state index is -5.57. The monoisotopic (exact) mass is 596 g/mol. The molecular formula is C23H24ClF5N4OP2S. The summed E-state index contributed by atoms with van der Waals surface area (Å²) in [6.45, 7) is 1.61. The van der Waals surface area contributed by atoms with Crippen molar-refractivity contribution in [3.8, 4) is 6.07 Å². The molecule has 3 atom stereocenters. The summed E-state index contributed by atoms with van der Waals surface area (Å²) in [6, 6.07) is 5.26. The maximum absolute atomic E-state index is 15.2. The molecule has 3 N–H and O–H groups in total. The fourth-order valence-corrected chi connectivity index (χ4v) is 5.55. The quantitative estimate of drug-likeness (QED) is 0.268. The standard InChI is InChI=1S/C23H24ClF5N4OP2S/c1-3-11-6-12(21(25,22(26,27)28)23(29,35)36)7-15(24)19(11)32-10-16(31)17-8-14(18(9-30)37-17)20(34)33(2)13-4-5-13/h6-8,10,13,32H,3-5,31,35-36H2,1-2H3/b16-10-. The normalized spacial score (nSPS) is 16.2. The lowest BCUT2D eigenvalue weighted by molar-refractivity contribution is -0.250. The number of carbonyl (C=O) groups is 1. The zero-order valence-corrected chi connectivity index (χ0v) is 23.6. The van der Waals surface area contributed by atoms with Crippen LogP contribution in [0.2, 0.25) is 5.02 Å². The second kappa shape index (κ2) is 10.6. The molecule has 3 unspecified atom stereocenters. The number of nitrogens with one attached hydrogen (secondary N) is 1. The van der Waals surface area contributed by atoms with Gasteiger partial charge in [0.05, 0.1) is 26.8 Å². The van der Waals surface area contributed by atoms with E-state index in [1.165, 1.54) is 30.7 Å². The van der Waals surface area contributed by atoms with Gasteiger partial charge in [-0.2, -0.15) is 18.4 Å². The summed E-state index contributed by atoms with van der Waals surface area (Å²) in [5.41, 5.74) is 1.49. The molecule has 1 aliphatic carbocycles. The van der Waals surface area contributed by atoms with E-state index in [0.717, 1.165) is 30.2 Å². The number of hydrogen-bond donors (Lipinski definition) is 2. The number of thiophene rings is 1. The Hall–Kier alpha value is -1.98. The van der Waals surface area contributed by atoms with Crippen molar-refractivity contribution in [1.82, 2.24) is 4.90 Å². The van der Waals surface area contributed by atoms with Crippen LogP contribution in [0.3, 0.4) is 0 Å². The zero-order valence-electron chi connectivity index (χ0n) is 19.7. The predicted octanol–water partition coefficient (Wildman–Crippen LogP) is 6.54. The largest absolute Gasteiger partial charge is 0.430 e. The molecule has 0 saturated heterocycles. The molecule has 3 rings (SSSR count). The summed E-state index contributed by atoms with van der Waals surface area (Å²) in [7, 11) is 4.12. The predicted molar refractivity (Wildman–Crippen MR) is 143 cm³/mol. The highest BCUT2D eigenvalue weighted by Crippen LogP contribution is 2.58. The van der Waals surface area contributed by atoms with E-state index in [2.05, 4.69) is 5.32 Å². The molecule has 1 saturated carbocycles. The van der Waals surface area contributed by atoms with Crippen molar-refractivity contribution in [2.75, 3.05) is 12.4 Å². The van der Waals surface area contributed by atoms with E-state index >= 15 is 4.39 Å². The van der Waals surface area contributed by atoms with Crippen molar-refractivity contribution in [3.05, 3.63) is 55.9 Å². The van der Waals surface area contributed by atoms with Crippen molar-refractivity contribution in [3.63, 3.8) is 0 Å². The van der Waals surface area contributed by atoms with Gasteiger partial charge in [-0.3, -0.25) is 4.79 Å². The summed E-state index contributed by atoms with van der Waals surface area (Å²) >= 11 is 7.23. The fourth-order valence-electron chi connectivity index (χ4n) is 3.72. The number of nitrogens with zero attached hydrogens (tertiary/aromatic N) is 2. The molecule has 37 heavy (non-hydrogen) atoms. The third-order valence-corrected chi connectivity index (χ3v) is 8.19. The van der Waals surface area contributed by atoms with Gasteiger partial charge in [0.15, 0.2) is 5.15 Å². The average molecular weight is 597 g/mol. The third-order valence-electron chi connectivity index (χ3n) is 6.00. The first kappa shape index (κ1) is 29.6. The van der Waals surface area contributed by atoms with Crippen LogP contribution in [0.5, 0.6) is 0 Å². The number of alkyl halides is 5. The van der Waals surface area contributed by atoms with Gasteiger partial charge in [-0.15, -0.1) is 11.3 Å². The molecule has 0 bridgehead atoms. The van der Waals surface area contributed by atoms with Gasteiger partial charge in [0.2, 0.25) is 0 Å². The Morgan fingerprint density at radius 1 is 1.30 bits per heavy atom. The maximum atomic E-state index is 15.2. The highest BCUT2D eigenvalue weighted by Gasteiger charge is 2.67.